The Hall–Kier alpha value is -3.85. The Morgan fingerprint density at radius 3 is 2.47 bits per heavy atom. The number of aryl methyl sites for hydroxylation is 2. The molecule has 3 heterocycles. The van der Waals surface area contributed by atoms with Gasteiger partial charge in [-0.2, -0.15) is 0 Å². The maximum Gasteiger partial charge on any atom is 0.234 e. The lowest BCUT2D eigenvalue weighted by Crippen LogP contribution is -2.01. The second-order valence-corrected chi connectivity index (χ2v) is 8.71. The van der Waals surface area contributed by atoms with E-state index in [2.05, 4.69) is 22.1 Å². The normalized spacial score (nSPS) is 11.2. The van der Waals surface area contributed by atoms with Crippen LogP contribution in [0, 0.1) is 13.8 Å². The molecular formula is C25H24N6O2S. The number of fused-ring (bicyclic) bond motifs is 1. The smallest absolute Gasteiger partial charge is 0.234 e. The lowest BCUT2D eigenvalue weighted by atomic mass is 10.2. The van der Waals surface area contributed by atoms with Gasteiger partial charge in [0, 0.05) is 23.3 Å². The fourth-order valence-corrected chi connectivity index (χ4v) is 4.69. The summed E-state index contributed by atoms with van der Waals surface area (Å²) in [5.74, 6) is 3.56. The average molecular weight is 473 g/mol. The van der Waals surface area contributed by atoms with Crippen LogP contribution < -0.4 is 9.47 Å². The van der Waals surface area contributed by atoms with E-state index in [9.17, 15) is 0 Å². The molecule has 0 saturated heterocycles. The van der Waals surface area contributed by atoms with Crippen molar-refractivity contribution in [3.05, 3.63) is 77.9 Å². The number of nitrogens with zero attached hydrogens (tertiary/aromatic N) is 6. The molecule has 0 aliphatic carbocycles. The molecule has 0 atom stereocenters. The molecule has 34 heavy (non-hydrogen) atoms. The minimum Gasteiger partial charge on any atom is -0.497 e. The summed E-state index contributed by atoms with van der Waals surface area (Å²) in [5, 5.41) is 9.82. The van der Waals surface area contributed by atoms with Gasteiger partial charge in [-0.05, 0) is 56.3 Å². The van der Waals surface area contributed by atoms with Crippen molar-refractivity contribution in [2.75, 3.05) is 14.2 Å². The molecule has 5 rings (SSSR count). The second kappa shape index (κ2) is 9.18. The molecule has 0 aliphatic heterocycles. The Bertz CT molecular complexity index is 1460. The minimum atomic E-state index is 0.627. The summed E-state index contributed by atoms with van der Waals surface area (Å²) < 4.78 is 15.0. The number of benzene rings is 2. The molecule has 3 aromatic heterocycles. The van der Waals surface area contributed by atoms with Crippen molar-refractivity contribution in [3.63, 3.8) is 0 Å². The quantitative estimate of drug-likeness (QED) is 0.312. The number of para-hydroxylation sites is 1. The number of imidazole rings is 1. The summed E-state index contributed by atoms with van der Waals surface area (Å²) in [5.41, 5.74) is 4.77. The average Bonchev–Trinajstić information content (AvgIpc) is 3.47. The summed E-state index contributed by atoms with van der Waals surface area (Å²) >= 11 is 1.57. The fraction of sp³-hybridized carbons (Fsp3) is 0.200. The van der Waals surface area contributed by atoms with Gasteiger partial charge in [0.25, 0.3) is 0 Å². The van der Waals surface area contributed by atoms with Gasteiger partial charge in [0.1, 0.15) is 11.5 Å². The number of aromatic nitrogens is 6. The minimum absolute atomic E-state index is 0.627. The van der Waals surface area contributed by atoms with E-state index < -0.39 is 0 Å². The third kappa shape index (κ3) is 4.10. The van der Waals surface area contributed by atoms with E-state index >= 15 is 0 Å². The van der Waals surface area contributed by atoms with Crippen LogP contribution in [0.1, 0.15) is 17.1 Å². The summed E-state index contributed by atoms with van der Waals surface area (Å²) in [4.78, 5) is 9.24. The molecule has 9 heteroatoms. The predicted molar refractivity (Wildman–Crippen MR) is 132 cm³/mol. The Labute approximate surface area is 201 Å². The third-order valence-electron chi connectivity index (χ3n) is 5.47. The molecule has 0 aliphatic rings. The molecule has 0 radical (unpaired) electrons. The van der Waals surface area contributed by atoms with Gasteiger partial charge in [-0.1, -0.05) is 23.9 Å². The summed E-state index contributed by atoms with van der Waals surface area (Å²) in [6.45, 7) is 4.03. The molecule has 5 aromatic rings. The van der Waals surface area contributed by atoms with E-state index in [1.165, 1.54) is 0 Å². The standard InChI is InChI=1S/C25H24N6O2S/c1-16-13-17(2)30-14-18(27-24(30)26-16)15-34-25-29-28-23(21-7-5-6-8-22(21)33-4)31(25)19-9-11-20(32-3)12-10-19/h5-14H,15H2,1-4H3. The SMILES string of the molecule is COc1ccc(-n2c(SCc3cn4c(C)cc(C)nc4n3)nnc2-c2ccccc2OC)cc1. The van der Waals surface area contributed by atoms with Gasteiger partial charge in [0.05, 0.1) is 31.2 Å². The van der Waals surface area contributed by atoms with Crippen LogP contribution in [0.4, 0.5) is 0 Å². The molecule has 2 aromatic carbocycles. The van der Waals surface area contributed by atoms with Crippen LogP contribution in [0.25, 0.3) is 22.9 Å². The highest BCUT2D eigenvalue weighted by Gasteiger charge is 2.19. The zero-order valence-corrected chi connectivity index (χ0v) is 20.2. The molecule has 0 fully saturated rings. The number of hydrogen-bond acceptors (Lipinski definition) is 7. The Morgan fingerprint density at radius 1 is 0.912 bits per heavy atom. The summed E-state index contributed by atoms with van der Waals surface area (Å²) in [6.07, 6.45) is 2.03. The van der Waals surface area contributed by atoms with Gasteiger partial charge in [0.15, 0.2) is 11.0 Å². The Balaban J connectivity index is 1.54. The first kappa shape index (κ1) is 22.0. The maximum atomic E-state index is 5.59. The van der Waals surface area contributed by atoms with Crippen molar-refractivity contribution in [1.82, 2.24) is 29.1 Å². The first-order chi connectivity index (χ1) is 16.6. The third-order valence-corrected chi connectivity index (χ3v) is 6.43. The molecule has 0 amide bonds. The van der Waals surface area contributed by atoms with E-state index in [0.29, 0.717) is 17.4 Å². The van der Waals surface area contributed by atoms with E-state index in [-0.39, 0.29) is 0 Å². The molecule has 0 unspecified atom stereocenters. The van der Waals surface area contributed by atoms with Crippen molar-refractivity contribution in [2.45, 2.75) is 24.8 Å². The van der Waals surface area contributed by atoms with Crippen LogP contribution in [-0.4, -0.2) is 43.4 Å². The predicted octanol–water partition coefficient (Wildman–Crippen LogP) is 4.90. The van der Waals surface area contributed by atoms with Gasteiger partial charge in [-0.25, -0.2) is 9.97 Å². The number of thioether (sulfide) groups is 1. The molecule has 0 N–H and O–H groups in total. The molecule has 0 bridgehead atoms. The van der Waals surface area contributed by atoms with Crippen LogP contribution in [0.15, 0.2) is 66.0 Å². The van der Waals surface area contributed by atoms with Crippen LogP contribution in [0.3, 0.4) is 0 Å². The van der Waals surface area contributed by atoms with Crippen LogP contribution in [-0.2, 0) is 5.75 Å². The van der Waals surface area contributed by atoms with Gasteiger partial charge >= 0.3 is 0 Å². The Morgan fingerprint density at radius 2 is 1.71 bits per heavy atom. The van der Waals surface area contributed by atoms with E-state index in [1.807, 2.05) is 76.7 Å². The highest BCUT2D eigenvalue weighted by molar-refractivity contribution is 7.98. The lowest BCUT2D eigenvalue weighted by molar-refractivity contribution is 0.414. The van der Waals surface area contributed by atoms with Gasteiger partial charge < -0.3 is 9.47 Å². The molecular weight excluding hydrogens is 448 g/mol. The van der Waals surface area contributed by atoms with Crippen LogP contribution in [0.2, 0.25) is 0 Å². The maximum absolute atomic E-state index is 5.59. The lowest BCUT2D eigenvalue weighted by Gasteiger charge is -2.12. The number of ether oxygens (including phenoxy) is 2. The topological polar surface area (TPSA) is 79.4 Å². The van der Waals surface area contributed by atoms with E-state index in [1.54, 1.807) is 26.0 Å². The van der Waals surface area contributed by atoms with Crippen molar-refractivity contribution < 1.29 is 9.47 Å². The van der Waals surface area contributed by atoms with Gasteiger partial charge in [-0.3, -0.25) is 8.97 Å². The van der Waals surface area contributed by atoms with Crippen molar-refractivity contribution in [3.8, 4) is 28.6 Å². The van der Waals surface area contributed by atoms with Gasteiger partial charge in [-0.15, -0.1) is 10.2 Å². The fourth-order valence-electron chi connectivity index (χ4n) is 3.86. The van der Waals surface area contributed by atoms with Gasteiger partial charge in [0.2, 0.25) is 5.78 Å². The van der Waals surface area contributed by atoms with Crippen molar-refractivity contribution in [1.29, 1.82) is 0 Å². The van der Waals surface area contributed by atoms with Crippen LogP contribution in [0.5, 0.6) is 11.5 Å². The zero-order chi connectivity index (χ0) is 23.7. The van der Waals surface area contributed by atoms with Crippen molar-refractivity contribution >= 4 is 17.5 Å². The summed E-state index contributed by atoms with van der Waals surface area (Å²) in [6, 6.07) is 17.7. The Kier molecular flexibility index (Phi) is 5.93. The molecule has 0 spiro atoms. The molecule has 0 saturated carbocycles. The summed E-state index contributed by atoms with van der Waals surface area (Å²) in [7, 11) is 3.31. The first-order valence-electron chi connectivity index (χ1n) is 10.8. The number of hydrogen-bond donors (Lipinski definition) is 0. The van der Waals surface area contributed by atoms with Crippen LogP contribution >= 0.6 is 11.8 Å². The number of rotatable bonds is 7. The van der Waals surface area contributed by atoms with Crippen molar-refractivity contribution in [2.24, 2.45) is 0 Å². The highest BCUT2D eigenvalue weighted by Crippen LogP contribution is 2.34. The van der Waals surface area contributed by atoms with E-state index in [0.717, 1.165) is 45.0 Å². The second-order valence-electron chi connectivity index (χ2n) is 7.77. The largest absolute Gasteiger partial charge is 0.497 e. The highest BCUT2D eigenvalue weighted by atomic mass is 32.2. The number of methoxy groups -OCH3 is 2. The molecule has 172 valence electrons. The first-order valence-corrected chi connectivity index (χ1v) is 11.7. The van der Waals surface area contributed by atoms with E-state index in [4.69, 9.17) is 14.5 Å². The zero-order valence-electron chi connectivity index (χ0n) is 19.4. The molecule has 8 nitrogen and oxygen atoms in total. The monoisotopic (exact) mass is 472 g/mol.